The molecule has 2 aromatic rings. The second-order valence-electron chi connectivity index (χ2n) is 4.32. The summed E-state index contributed by atoms with van der Waals surface area (Å²) in [5.74, 6) is -0.937. The van der Waals surface area contributed by atoms with Gasteiger partial charge in [-0.1, -0.05) is 30.3 Å². The summed E-state index contributed by atoms with van der Waals surface area (Å²) in [6.45, 7) is 0. The number of rotatable bonds is 5. The minimum atomic E-state index is -1.24. The third kappa shape index (κ3) is 3.74. The quantitative estimate of drug-likeness (QED) is 0.921. The lowest BCUT2D eigenvalue weighted by molar-refractivity contribution is 0.0697. The first-order valence-electron chi connectivity index (χ1n) is 5.97. The minimum absolute atomic E-state index is 0.146. The lowest BCUT2D eigenvalue weighted by atomic mass is 10.1. The topological polar surface area (TPSA) is 54.4 Å². The molecule has 0 radical (unpaired) electrons. The van der Waals surface area contributed by atoms with E-state index in [4.69, 9.17) is 5.11 Å². The van der Waals surface area contributed by atoms with Gasteiger partial charge in [0.25, 0.3) is 0 Å². The van der Waals surface area contributed by atoms with Crippen molar-refractivity contribution in [1.82, 2.24) is 0 Å². The molecule has 20 heavy (non-hydrogen) atoms. The zero-order valence-electron chi connectivity index (χ0n) is 10.6. The average molecular weight is 292 g/mol. The van der Waals surface area contributed by atoms with Crippen molar-refractivity contribution in [3.05, 3.63) is 71.0 Å². The molecule has 0 saturated carbocycles. The zero-order chi connectivity index (χ0) is 14.5. The molecule has 2 rings (SSSR count). The fraction of sp³-hybridized carbons (Fsp3) is 0.133. The molecule has 1 atom stereocenters. The monoisotopic (exact) mass is 292 g/mol. The van der Waals surface area contributed by atoms with Crippen molar-refractivity contribution >= 4 is 16.8 Å². The van der Waals surface area contributed by atoms with E-state index in [0.29, 0.717) is 5.56 Å². The summed E-state index contributed by atoms with van der Waals surface area (Å²) in [6, 6.07) is 12.4. The van der Waals surface area contributed by atoms with Gasteiger partial charge in [-0.05, 0) is 23.8 Å². The maximum Gasteiger partial charge on any atom is 0.335 e. The van der Waals surface area contributed by atoms with Crippen molar-refractivity contribution in [1.29, 1.82) is 0 Å². The van der Waals surface area contributed by atoms with E-state index in [2.05, 4.69) is 0 Å². The molecule has 0 heterocycles. The maximum atomic E-state index is 13.4. The van der Waals surface area contributed by atoms with Crippen molar-refractivity contribution in [3.8, 4) is 0 Å². The van der Waals surface area contributed by atoms with Crippen LogP contribution < -0.4 is 0 Å². The van der Waals surface area contributed by atoms with Gasteiger partial charge in [0, 0.05) is 22.1 Å². The second kappa shape index (κ2) is 6.43. The van der Waals surface area contributed by atoms with Gasteiger partial charge in [-0.3, -0.25) is 4.21 Å². The maximum absolute atomic E-state index is 13.4. The Labute approximate surface area is 118 Å². The van der Waals surface area contributed by atoms with Gasteiger partial charge in [0.2, 0.25) is 0 Å². The van der Waals surface area contributed by atoms with Crippen LogP contribution in [-0.4, -0.2) is 15.3 Å². The minimum Gasteiger partial charge on any atom is -0.478 e. The third-order valence-corrected chi connectivity index (χ3v) is 4.09. The Morgan fingerprint density at radius 1 is 1.05 bits per heavy atom. The summed E-state index contributed by atoms with van der Waals surface area (Å²) in [5, 5.41) is 8.78. The normalized spacial score (nSPS) is 12.1. The number of hydrogen-bond acceptors (Lipinski definition) is 2. The molecular formula is C15H13FO3S. The van der Waals surface area contributed by atoms with Gasteiger partial charge in [-0.25, -0.2) is 9.18 Å². The molecule has 0 saturated heterocycles. The van der Waals surface area contributed by atoms with Crippen LogP contribution in [0, 0.1) is 5.82 Å². The molecule has 0 spiro atoms. The number of aromatic carboxylic acids is 1. The van der Waals surface area contributed by atoms with Gasteiger partial charge in [0.05, 0.1) is 11.3 Å². The molecule has 0 aliphatic carbocycles. The van der Waals surface area contributed by atoms with Crippen LogP contribution >= 0.6 is 0 Å². The van der Waals surface area contributed by atoms with Crippen molar-refractivity contribution in [3.63, 3.8) is 0 Å². The second-order valence-corrected chi connectivity index (χ2v) is 5.78. The first kappa shape index (κ1) is 14.4. The highest BCUT2D eigenvalue weighted by Crippen LogP contribution is 2.13. The van der Waals surface area contributed by atoms with Crippen LogP contribution in [0.2, 0.25) is 0 Å². The van der Waals surface area contributed by atoms with E-state index >= 15 is 0 Å². The van der Waals surface area contributed by atoms with Crippen molar-refractivity contribution in [2.45, 2.75) is 11.5 Å². The number of benzene rings is 2. The Morgan fingerprint density at radius 3 is 2.30 bits per heavy atom. The molecule has 1 N–H and O–H groups in total. The van der Waals surface area contributed by atoms with E-state index in [0.717, 1.165) is 5.56 Å². The molecule has 5 heteroatoms. The van der Waals surface area contributed by atoms with E-state index in [-0.39, 0.29) is 22.9 Å². The number of carboxylic acids is 1. The molecule has 0 aliphatic rings. The van der Waals surface area contributed by atoms with Gasteiger partial charge in [0.15, 0.2) is 0 Å². The molecule has 1 unspecified atom stereocenters. The Bertz CT molecular complexity index is 638. The van der Waals surface area contributed by atoms with Crippen LogP contribution in [0.1, 0.15) is 21.5 Å². The zero-order valence-corrected chi connectivity index (χ0v) is 11.4. The number of hydrogen-bond donors (Lipinski definition) is 1. The fourth-order valence-electron chi connectivity index (χ4n) is 1.77. The molecule has 0 fully saturated rings. The van der Waals surface area contributed by atoms with E-state index in [9.17, 15) is 13.4 Å². The van der Waals surface area contributed by atoms with Crippen LogP contribution in [0.3, 0.4) is 0 Å². The first-order chi connectivity index (χ1) is 9.56. The summed E-state index contributed by atoms with van der Waals surface area (Å²) >= 11 is 0. The van der Waals surface area contributed by atoms with E-state index in [1.54, 1.807) is 30.3 Å². The first-order valence-corrected chi connectivity index (χ1v) is 7.45. The highest BCUT2D eigenvalue weighted by atomic mass is 32.2. The van der Waals surface area contributed by atoms with Gasteiger partial charge < -0.3 is 5.11 Å². The molecule has 3 nitrogen and oxygen atoms in total. The summed E-state index contributed by atoms with van der Waals surface area (Å²) in [7, 11) is -1.24. The van der Waals surface area contributed by atoms with Crippen LogP contribution in [0.25, 0.3) is 0 Å². The molecule has 2 aromatic carbocycles. The van der Waals surface area contributed by atoms with Crippen molar-refractivity contribution in [2.75, 3.05) is 0 Å². The summed E-state index contributed by atoms with van der Waals surface area (Å²) in [5.41, 5.74) is 1.38. The van der Waals surface area contributed by atoms with Crippen LogP contribution in [0.4, 0.5) is 4.39 Å². The van der Waals surface area contributed by atoms with Crippen LogP contribution in [0.15, 0.2) is 48.5 Å². The Kier molecular flexibility index (Phi) is 4.63. The van der Waals surface area contributed by atoms with Crippen molar-refractivity contribution < 1.29 is 18.5 Å². The van der Waals surface area contributed by atoms with E-state index in [1.165, 1.54) is 18.2 Å². The summed E-state index contributed by atoms with van der Waals surface area (Å²) in [6.07, 6.45) is 0. The molecule has 0 aromatic heterocycles. The number of carbonyl (C=O) groups is 1. The van der Waals surface area contributed by atoms with Gasteiger partial charge in [-0.15, -0.1) is 0 Å². The SMILES string of the molecule is O=C(O)c1ccc(CS(=O)Cc2ccccc2F)cc1. The third-order valence-electron chi connectivity index (χ3n) is 2.80. The molecule has 0 bridgehead atoms. The van der Waals surface area contributed by atoms with Crippen molar-refractivity contribution in [2.24, 2.45) is 0 Å². The highest BCUT2D eigenvalue weighted by Gasteiger charge is 2.08. The van der Waals surface area contributed by atoms with E-state index < -0.39 is 16.8 Å². The molecule has 0 amide bonds. The number of halogens is 1. The standard InChI is InChI=1S/C15H13FO3S/c16-14-4-2-1-3-13(14)10-20(19)9-11-5-7-12(8-6-11)15(17)18/h1-8H,9-10H2,(H,17,18). The molecule has 104 valence electrons. The average Bonchev–Trinajstić information content (AvgIpc) is 2.42. The molecule has 0 aliphatic heterocycles. The Balaban J connectivity index is 2.01. The fourth-order valence-corrected chi connectivity index (χ4v) is 3.02. The predicted molar refractivity (Wildman–Crippen MR) is 75.4 cm³/mol. The van der Waals surface area contributed by atoms with E-state index in [1.807, 2.05) is 0 Å². The summed E-state index contributed by atoms with van der Waals surface area (Å²) in [4.78, 5) is 10.7. The smallest absolute Gasteiger partial charge is 0.335 e. The van der Waals surface area contributed by atoms with Gasteiger partial charge in [-0.2, -0.15) is 0 Å². The predicted octanol–water partition coefficient (Wildman–Crippen LogP) is 2.97. The lowest BCUT2D eigenvalue weighted by Gasteiger charge is -2.04. The highest BCUT2D eigenvalue weighted by molar-refractivity contribution is 7.83. The summed E-state index contributed by atoms with van der Waals surface area (Å²) < 4.78 is 25.4. The Morgan fingerprint density at radius 2 is 1.70 bits per heavy atom. The van der Waals surface area contributed by atoms with Crippen LogP contribution in [-0.2, 0) is 22.3 Å². The largest absolute Gasteiger partial charge is 0.478 e. The van der Waals surface area contributed by atoms with Gasteiger partial charge in [0.1, 0.15) is 5.82 Å². The lowest BCUT2D eigenvalue weighted by Crippen LogP contribution is -2.02. The molecular weight excluding hydrogens is 279 g/mol. The Hall–Kier alpha value is -2.01. The number of carboxylic acid groups (broad SMARTS) is 1. The van der Waals surface area contributed by atoms with Crippen LogP contribution in [0.5, 0.6) is 0 Å². The van der Waals surface area contributed by atoms with Gasteiger partial charge >= 0.3 is 5.97 Å².